The predicted molar refractivity (Wildman–Crippen MR) is 74.5 cm³/mol. The van der Waals surface area contributed by atoms with Crippen molar-refractivity contribution < 1.29 is 0 Å². The van der Waals surface area contributed by atoms with Crippen molar-refractivity contribution in [2.75, 3.05) is 11.2 Å². The van der Waals surface area contributed by atoms with E-state index < -0.39 is 0 Å². The Morgan fingerprint density at radius 2 is 2.11 bits per heavy atom. The average Bonchev–Trinajstić information content (AvgIpc) is 2.70. The van der Waals surface area contributed by atoms with Crippen LogP contribution in [0.2, 0.25) is 0 Å². The smallest absolute Gasteiger partial charge is 0.274 e. The molecule has 0 fully saturated rings. The monoisotopic (exact) mass is 279 g/mol. The van der Waals surface area contributed by atoms with Gasteiger partial charge in [-0.1, -0.05) is 0 Å². The second-order valence-corrected chi connectivity index (χ2v) is 4.71. The molecule has 100 valence electrons. The Labute approximate surface area is 112 Å². The molecule has 9 heteroatoms. The number of nitrogens with one attached hydrogen (secondary N) is 2. The minimum absolute atomic E-state index is 0.175. The lowest BCUT2D eigenvalue weighted by Crippen LogP contribution is -2.16. The predicted octanol–water partition coefficient (Wildman–Crippen LogP) is 0.657. The Balaban J connectivity index is 2.23. The molecule has 2 rings (SSSR count). The zero-order valence-electron chi connectivity index (χ0n) is 10.7. The lowest BCUT2D eigenvalue weighted by molar-refractivity contribution is 0.897. The molecule has 19 heavy (non-hydrogen) atoms. The van der Waals surface area contributed by atoms with Crippen molar-refractivity contribution in [3.8, 4) is 0 Å². The van der Waals surface area contributed by atoms with Crippen molar-refractivity contribution in [2.24, 2.45) is 5.10 Å². The highest BCUT2D eigenvalue weighted by atomic mass is 32.1. The van der Waals surface area contributed by atoms with Crippen LogP contribution in [-0.4, -0.2) is 25.3 Å². The molecule has 0 amide bonds. The lowest BCUT2D eigenvalue weighted by atomic mass is 10.2. The number of nitrogens with two attached hydrogens (primary N) is 1. The van der Waals surface area contributed by atoms with Crippen molar-refractivity contribution in [3.05, 3.63) is 27.3 Å². The van der Waals surface area contributed by atoms with E-state index >= 15 is 0 Å². The van der Waals surface area contributed by atoms with Crippen LogP contribution in [0.4, 0.5) is 10.9 Å². The quantitative estimate of drug-likeness (QED) is 0.560. The van der Waals surface area contributed by atoms with Gasteiger partial charge in [-0.2, -0.15) is 9.47 Å². The summed E-state index contributed by atoms with van der Waals surface area (Å²) in [7, 11) is 0. The van der Waals surface area contributed by atoms with Crippen LogP contribution in [0.3, 0.4) is 0 Å². The van der Waals surface area contributed by atoms with Crippen molar-refractivity contribution >= 4 is 28.2 Å². The molecule has 0 aromatic carbocycles. The first-order valence-corrected chi connectivity index (χ1v) is 6.22. The molecule has 4 N–H and O–H groups in total. The van der Waals surface area contributed by atoms with Gasteiger partial charge >= 0.3 is 0 Å². The van der Waals surface area contributed by atoms with Crippen molar-refractivity contribution in [1.29, 1.82) is 0 Å². The highest BCUT2D eigenvalue weighted by molar-refractivity contribution is 7.10. The summed E-state index contributed by atoms with van der Waals surface area (Å²) in [4.78, 5) is 13.9. The first-order chi connectivity index (χ1) is 8.99. The molecule has 2 heterocycles. The van der Waals surface area contributed by atoms with E-state index in [9.17, 15) is 4.79 Å². The van der Waals surface area contributed by atoms with E-state index in [4.69, 9.17) is 5.73 Å². The van der Waals surface area contributed by atoms with Gasteiger partial charge in [-0.25, -0.2) is 5.43 Å². The van der Waals surface area contributed by atoms with Gasteiger partial charge < -0.3 is 5.73 Å². The van der Waals surface area contributed by atoms with E-state index in [2.05, 4.69) is 30.1 Å². The van der Waals surface area contributed by atoms with Gasteiger partial charge in [0.1, 0.15) is 10.7 Å². The maximum absolute atomic E-state index is 11.3. The zero-order chi connectivity index (χ0) is 14.0. The van der Waals surface area contributed by atoms with Gasteiger partial charge in [0.15, 0.2) is 0 Å². The van der Waals surface area contributed by atoms with E-state index in [0.29, 0.717) is 16.4 Å². The number of aromatic amines is 1. The van der Waals surface area contributed by atoms with Gasteiger partial charge in [-0.05, 0) is 32.3 Å². The van der Waals surface area contributed by atoms with E-state index in [1.807, 2.05) is 6.92 Å². The van der Waals surface area contributed by atoms with Gasteiger partial charge in [-0.15, -0.1) is 10.2 Å². The summed E-state index contributed by atoms with van der Waals surface area (Å²) < 4.78 is 4.14. The molecule has 0 radical (unpaired) electrons. The van der Waals surface area contributed by atoms with E-state index in [0.717, 1.165) is 11.3 Å². The van der Waals surface area contributed by atoms with Crippen LogP contribution in [0.5, 0.6) is 0 Å². The van der Waals surface area contributed by atoms with Crippen LogP contribution in [0.15, 0.2) is 9.90 Å². The van der Waals surface area contributed by atoms with E-state index in [1.165, 1.54) is 11.5 Å². The minimum Gasteiger partial charge on any atom is -0.389 e. The summed E-state index contributed by atoms with van der Waals surface area (Å²) >= 11 is 1.22. The summed E-state index contributed by atoms with van der Waals surface area (Å²) in [6.07, 6.45) is 0. The fourth-order valence-electron chi connectivity index (χ4n) is 1.46. The second kappa shape index (κ2) is 5.14. The van der Waals surface area contributed by atoms with Gasteiger partial charge in [0.2, 0.25) is 5.95 Å². The summed E-state index contributed by atoms with van der Waals surface area (Å²) in [5, 5.41) is 12.2. The third-order valence-corrected chi connectivity index (χ3v) is 3.21. The third-order valence-electron chi connectivity index (χ3n) is 2.44. The Morgan fingerprint density at radius 1 is 1.37 bits per heavy atom. The van der Waals surface area contributed by atoms with Crippen molar-refractivity contribution in [3.63, 3.8) is 0 Å². The number of aryl methyl sites for hydroxylation is 2. The largest absolute Gasteiger partial charge is 0.389 e. The molecule has 2 aromatic heterocycles. The van der Waals surface area contributed by atoms with Gasteiger partial charge in [0, 0.05) is 0 Å². The van der Waals surface area contributed by atoms with E-state index in [-0.39, 0.29) is 11.5 Å². The van der Waals surface area contributed by atoms with Gasteiger partial charge in [0.25, 0.3) is 5.56 Å². The third kappa shape index (κ3) is 2.76. The molecule has 2 aromatic rings. The van der Waals surface area contributed by atoms with Crippen molar-refractivity contribution in [1.82, 2.24) is 19.6 Å². The van der Waals surface area contributed by atoms with Crippen LogP contribution in [0.1, 0.15) is 23.9 Å². The number of anilines is 2. The molecule has 0 bridgehead atoms. The Bertz CT molecular complexity index is 668. The summed E-state index contributed by atoms with van der Waals surface area (Å²) in [5.74, 6) is 0.175. The van der Waals surface area contributed by atoms with Crippen molar-refractivity contribution in [2.45, 2.75) is 20.8 Å². The Hall–Kier alpha value is -2.29. The average molecular weight is 279 g/mol. The van der Waals surface area contributed by atoms with Crippen LogP contribution < -0.4 is 16.7 Å². The Morgan fingerprint density at radius 3 is 2.68 bits per heavy atom. The zero-order valence-corrected chi connectivity index (χ0v) is 11.5. The standard InChI is InChI=1S/C10H13N7OS/c1-4(7-5(2)17-19-8(7)11)13-15-10-12-9(18)6(3)14-16-10/h11H2,1-3H3,(H2,12,15,16,18)/b13-4-. The number of H-pyrrole nitrogens is 1. The summed E-state index contributed by atoms with van der Waals surface area (Å²) in [6.45, 7) is 5.22. The maximum atomic E-state index is 11.3. The molecular weight excluding hydrogens is 266 g/mol. The molecule has 0 saturated carbocycles. The summed E-state index contributed by atoms with van der Waals surface area (Å²) in [6, 6.07) is 0. The fraction of sp³-hybridized carbons (Fsp3) is 0.300. The molecule has 0 spiro atoms. The number of hydrogen-bond acceptors (Lipinski definition) is 8. The topological polar surface area (TPSA) is 122 Å². The molecule has 8 nitrogen and oxygen atoms in total. The van der Waals surface area contributed by atoms with Gasteiger partial charge in [0.05, 0.1) is 17.0 Å². The maximum Gasteiger partial charge on any atom is 0.274 e. The fourth-order valence-corrected chi connectivity index (χ4v) is 2.18. The molecule has 0 saturated heterocycles. The molecule has 0 aliphatic carbocycles. The summed E-state index contributed by atoms with van der Waals surface area (Å²) in [5.41, 5.74) is 10.7. The van der Waals surface area contributed by atoms with Crippen LogP contribution >= 0.6 is 11.5 Å². The highest BCUT2D eigenvalue weighted by Gasteiger charge is 2.10. The molecule has 0 unspecified atom stereocenters. The van der Waals surface area contributed by atoms with Crippen LogP contribution in [0.25, 0.3) is 0 Å². The van der Waals surface area contributed by atoms with Crippen LogP contribution in [0, 0.1) is 13.8 Å². The number of hydrazone groups is 1. The number of aromatic nitrogens is 4. The molecule has 0 aliphatic rings. The first kappa shape index (κ1) is 13.1. The van der Waals surface area contributed by atoms with Crippen LogP contribution in [-0.2, 0) is 0 Å². The normalized spacial score (nSPS) is 11.6. The van der Waals surface area contributed by atoms with E-state index in [1.54, 1.807) is 13.8 Å². The Kier molecular flexibility index (Phi) is 3.56. The van der Waals surface area contributed by atoms with Gasteiger partial charge in [-0.3, -0.25) is 9.78 Å². The molecule has 0 aliphatic heterocycles. The minimum atomic E-state index is -0.307. The second-order valence-electron chi connectivity index (χ2n) is 3.90. The number of rotatable bonds is 3. The highest BCUT2D eigenvalue weighted by Crippen LogP contribution is 2.21. The number of nitrogens with zero attached hydrogens (tertiary/aromatic N) is 4. The first-order valence-electron chi connectivity index (χ1n) is 5.45. The molecular formula is C10H13N7OS. The number of nitrogen functional groups attached to an aromatic ring is 1. The lowest BCUT2D eigenvalue weighted by Gasteiger charge is -2.02. The number of hydrogen-bond donors (Lipinski definition) is 3. The SMILES string of the molecule is C/C(=N/Nc1nnc(C)c(=O)[nH]1)c1c(C)nsc1N. The molecule has 0 atom stereocenters.